The second-order valence-corrected chi connectivity index (χ2v) is 6.33. The van der Waals surface area contributed by atoms with Crippen LogP contribution in [0.1, 0.15) is 33.0 Å². The average Bonchev–Trinajstić information content (AvgIpc) is 2.85. The van der Waals surface area contributed by atoms with E-state index in [-0.39, 0.29) is 11.6 Å². The molecule has 8 heteroatoms. The van der Waals surface area contributed by atoms with Gasteiger partial charge in [-0.25, -0.2) is 18.1 Å². The van der Waals surface area contributed by atoms with E-state index in [1.165, 1.54) is 13.1 Å². The summed E-state index contributed by atoms with van der Waals surface area (Å²) in [6.07, 6.45) is 2.15. The molecule has 1 atom stereocenters. The molecule has 0 spiro atoms. The van der Waals surface area contributed by atoms with Gasteiger partial charge in [0.2, 0.25) is 0 Å². The predicted molar refractivity (Wildman–Crippen MR) is 69.2 cm³/mol. The maximum atomic E-state index is 12.0. The number of hydrogen-bond acceptors (Lipinski definition) is 4. The van der Waals surface area contributed by atoms with Crippen LogP contribution in [0.5, 0.6) is 0 Å². The zero-order valence-corrected chi connectivity index (χ0v) is 12.0. The van der Waals surface area contributed by atoms with Crippen LogP contribution >= 0.6 is 0 Å². The summed E-state index contributed by atoms with van der Waals surface area (Å²) in [5.74, 6) is -0.464. The highest BCUT2D eigenvalue weighted by atomic mass is 32.2. The lowest BCUT2D eigenvalue weighted by molar-refractivity contribution is -0.147. The van der Waals surface area contributed by atoms with E-state index in [0.717, 1.165) is 0 Å². The minimum absolute atomic E-state index is 0.0480. The van der Waals surface area contributed by atoms with Crippen molar-refractivity contribution < 1.29 is 18.3 Å². The van der Waals surface area contributed by atoms with E-state index in [4.69, 9.17) is 5.11 Å². The van der Waals surface area contributed by atoms with E-state index in [2.05, 4.69) is 14.7 Å². The van der Waals surface area contributed by atoms with Gasteiger partial charge >= 0.3 is 5.97 Å². The second-order valence-electron chi connectivity index (χ2n) is 4.59. The summed E-state index contributed by atoms with van der Waals surface area (Å²) < 4.78 is 26.2. The number of carboxylic acids is 1. The first kappa shape index (κ1) is 15.6. The summed E-state index contributed by atoms with van der Waals surface area (Å²) in [5.41, 5.74) is -1.12. The molecule has 0 aliphatic carbocycles. The van der Waals surface area contributed by atoms with Crippen molar-refractivity contribution in [2.75, 3.05) is 6.54 Å². The van der Waals surface area contributed by atoms with Crippen molar-refractivity contribution in [1.82, 2.24) is 14.7 Å². The number of aromatic amines is 1. The molecule has 0 aliphatic rings. The van der Waals surface area contributed by atoms with Crippen molar-refractivity contribution in [1.29, 1.82) is 0 Å². The van der Waals surface area contributed by atoms with Gasteiger partial charge in [0.15, 0.2) is 5.03 Å². The van der Waals surface area contributed by atoms with Gasteiger partial charge in [-0.15, -0.1) is 0 Å². The summed E-state index contributed by atoms with van der Waals surface area (Å²) in [5, 5.41) is 9.04. The number of rotatable bonds is 7. The van der Waals surface area contributed by atoms with Crippen molar-refractivity contribution >= 4 is 16.0 Å². The van der Waals surface area contributed by atoms with Crippen LogP contribution in [0.3, 0.4) is 0 Å². The molecule has 1 rings (SSSR count). The van der Waals surface area contributed by atoms with Gasteiger partial charge in [0.05, 0.1) is 11.6 Å². The van der Waals surface area contributed by atoms with Crippen LogP contribution in [0.2, 0.25) is 0 Å². The number of carbonyl (C=O) groups is 1. The maximum absolute atomic E-state index is 12.0. The Labute approximate surface area is 112 Å². The summed E-state index contributed by atoms with van der Waals surface area (Å²) in [4.78, 5) is 17.7. The first-order chi connectivity index (χ1) is 8.75. The third kappa shape index (κ3) is 3.54. The van der Waals surface area contributed by atoms with Crippen molar-refractivity contribution in [2.24, 2.45) is 5.41 Å². The number of hydrogen-bond donors (Lipinski definition) is 3. The first-order valence-corrected chi connectivity index (χ1v) is 7.50. The Kier molecular flexibility index (Phi) is 4.70. The van der Waals surface area contributed by atoms with Gasteiger partial charge in [0, 0.05) is 13.0 Å². The molecule has 0 fully saturated rings. The number of nitrogens with one attached hydrogen (secondary N) is 2. The van der Waals surface area contributed by atoms with E-state index in [1.54, 1.807) is 6.92 Å². The lowest BCUT2D eigenvalue weighted by atomic mass is 9.88. The number of carboxylic acid groups (broad SMARTS) is 1. The molecule has 1 unspecified atom stereocenters. The minimum Gasteiger partial charge on any atom is -0.481 e. The van der Waals surface area contributed by atoms with E-state index in [1.807, 2.05) is 6.92 Å². The minimum atomic E-state index is -3.76. The first-order valence-electron chi connectivity index (χ1n) is 6.02. The monoisotopic (exact) mass is 289 g/mol. The van der Waals surface area contributed by atoms with Crippen molar-refractivity contribution in [3.8, 4) is 0 Å². The quantitative estimate of drug-likeness (QED) is 0.685. The summed E-state index contributed by atoms with van der Waals surface area (Å²) in [7, 11) is -3.76. The summed E-state index contributed by atoms with van der Waals surface area (Å²) >= 11 is 0. The highest BCUT2D eigenvalue weighted by molar-refractivity contribution is 7.89. The molecular weight excluding hydrogens is 270 g/mol. The molecule has 7 nitrogen and oxygen atoms in total. The Bertz CT molecular complexity index is 552. The third-order valence-electron chi connectivity index (χ3n) is 3.18. The van der Waals surface area contributed by atoms with Crippen LogP contribution in [0.4, 0.5) is 0 Å². The lowest BCUT2D eigenvalue weighted by Crippen LogP contribution is -2.40. The number of aliphatic carboxylic acids is 1. The van der Waals surface area contributed by atoms with Crippen LogP contribution < -0.4 is 4.72 Å². The molecule has 0 aliphatic heterocycles. The third-order valence-corrected chi connectivity index (χ3v) is 4.49. The van der Waals surface area contributed by atoms with E-state index < -0.39 is 21.4 Å². The van der Waals surface area contributed by atoms with Crippen molar-refractivity contribution in [2.45, 2.75) is 38.6 Å². The van der Waals surface area contributed by atoms with Crippen molar-refractivity contribution in [3.05, 3.63) is 12.0 Å². The Morgan fingerprint density at radius 1 is 1.53 bits per heavy atom. The van der Waals surface area contributed by atoms with Gasteiger partial charge in [-0.1, -0.05) is 13.8 Å². The molecule has 1 aromatic rings. The SMILES string of the molecule is CCc1ncc(S(=O)(=O)NCC(C)(CC)C(=O)O)[nH]1. The molecule has 0 saturated heterocycles. The zero-order valence-electron chi connectivity index (χ0n) is 11.2. The number of imidazole rings is 1. The Morgan fingerprint density at radius 3 is 2.58 bits per heavy atom. The number of aromatic nitrogens is 2. The molecule has 19 heavy (non-hydrogen) atoms. The number of H-pyrrole nitrogens is 1. The van der Waals surface area contributed by atoms with Crippen molar-refractivity contribution in [3.63, 3.8) is 0 Å². The van der Waals surface area contributed by atoms with Gasteiger partial charge < -0.3 is 10.1 Å². The topological polar surface area (TPSA) is 112 Å². The molecule has 0 radical (unpaired) electrons. The molecule has 0 bridgehead atoms. The van der Waals surface area contributed by atoms with Crippen LogP contribution in [0.25, 0.3) is 0 Å². The van der Waals surface area contributed by atoms with Crippen LogP contribution in [-0.4, -0.2) is 36.0 Å². The Hall–Kier alpha value is -1.41. The molecule has 108 valence electrons. The zero-order chi connectivity index (χ0) is 14.7. The van der Waals surface area contributed by atoms with Crippen LogP contribution in [0, 0.1) is 5.41 Å². The predicted octanol–water partition coefficient (Wildman–Crippen LogP) is 0.751. The van der Waals surface area contributed by atoms with Crippen LogP contribution in [0.15, 0.2) is 11.2 Å². The Morgan fingerprint density at radius 2 is 2.16 bits per heavy atom. The van der Waals surface area contributed by atoms with E-state index in [9.17, 15) is 13.2 Å². The summed E-state index contributed by atoms with van der Waals surface area (Å²) in [6.45, 7) is 4.89. The molecule has 1 aromatic heterocycles. The molecule has 0 aromatic carbocycles. The number of aryl methyl sites for hydroxylation is 1. The Balaban J connectivity index is 2.83. The highest BCUT2D eigenvalue weighted by Crippen LogP contribution is 2.21. The van der Waals surface area contributed by atoms with Gasteiger partial charge in [-0.2, -0.15) is 0 Å². The fraction of sp³-hybridized carbons (Fsp3) is 0.636. The highest BCUT2D eigenvalue weighted by Gasteiger charge is 2.33. The van der Waals surface area contributed by atoms with Gasteiger partial charge in [-0.3, -0.25) is 4.79 Å². The average molecular weight is 289 g/mol. The van der Waals surface area contributed by atoms with Gasteiger partial charge in [0.1, 0.15) is 5.82 Å². The molecule has 1 heterocycles. The van der Waals surface area contributed by atoms with Gasteiger partial charge in [0.25, 0.3) is 10.0 Å². The lowest BCUT2D eigenvalue weighted by Gasteiger charge is -2.22. The number of sulfonamides is 1. The molecular formula is C11H19N3O4S. The smallest absolute Gasteiger partial charge is 0.310 e. The maximum Gasteiger partial charge on any atom is 0.310 e. The van der Waals surface area contributed by atoms with E-state index >= 15 is 0 Å². The fourth-order valence-electron chi connectivity index (χ4n) is 1.34. The van der Waals surface area contributed by atoms with Gasteiger partial charge in [-0.05, 0) is 13.3 Å². The standard InChI is InChI=1S/C11H19N3O4S/c1-4-8-12-6-9(14-8)19(17,18)13-7-11(3,5-2)10(15)16/h6,13H,4-5,7H2,1-3H3,(H,12,14)(H,15,16). The molecule has 3 N–H and O–H groups in total. The summed E-state index contributed by atoms with van der Waals surface area (Å²) in [6, 6.07) is 0. The normalized spacial score (nSPS) is 15.1. The van der Waals surface area contributed by atoms with E-state index in [0.29, 0.717) is 18.7 Å². The fourth-order valence-corrected chi connectivity index (χ4v) is 2.45. The molecule has 0 amide bonds. The second kappa shape index (κ2) is 5.70. The molecule has 0 saturated carbocycles. The number of nitrogens with zero attached hydrogens (tertiary/aromatic N) is 1. The van der Waals surface area contributed by atoms with Crippen LogP contribution in [-0.2, 0) is 21.2 Å². The largest absolute Gasteiger partial charge is 0.481 e.